The fourth-order valence-electron chi connectivity index (χ4n) is 1.48. The smallest absolute Gasteiger partial charge is 0.323 e. The van der Waals surface area contributed by atoms with Gasteiger partial charge in [-0.3, -0.25) is 4.79 Å². The van der Waals surface area contributed by atoms with Crippen LogP contribution in [0.25, 0.3) is 0 Å². The molecule has 0 bridgehead atoms. The zero-order valence-corrected chi connectivity index (χ0v) is 11.6. The van der Waals surface area contributed by atoms with E-state index in [9.17, 15) is 4.79 Å². The average Bonchev–Trinajstić information content (AvgIpc) is 2.11. The molecule has 0 aromatic rings. The van der Waals surface area contributed by atoms with E-state index in [0.717, 1.165) is 6.42 Å². The van der Waals surface area contributed by atoms with Crippen LogP contribution in [0.5, 0.6) is 0 Å². The van der Waals surface area contributed by atoms with E-state index >= 15 is 0 Å². The lowest BCUT2D eigenvalue weighted by Gasteiger charge is -2.24. The fourth-order valence-corrected chi connectivity index (χ4v) is 1.48. The molecule has 0 radical (unpaired) electrons. The van der Waals surface area contributed by atoms with Gasteiger partial charge in [0.15, 0.2) is 0 Å². The number of unbranched alkanes of at least 4 members (excludes halogenated alkanes) is 1. The molecular formula is C13H27NO2. The number of carbonyl (C=O) groups excluding carboxylic acids is 1. The first-order valence-corrected chi connectivity index (χ1v) is 6.25. The molecule has 0 aliphatic carbocycles. The Kier molecular flexibility index (Phi) is 6.65. The highest BCUT2D eigenvalue weighted by atomic mass is 16.6. The van der Waals surface area contributed by atoms with Gasteiger partial charge in [-0.05, 0) is 41.0 Å². The number of hydrogen-bond acceptors (Lipinski definition) is 3. The van der Waals surface area contributed by atoms with Crippen LogP contribution < -0.4 is 5.32 Å². The van der Waals surface area contributed by atoms with Crippen LogP contribution in [-0.2, 0) is 9.53 Å². The Balaban J connectivity index is 3.95. The molecule has 1 N–H and O–H groups in total. The molecule has 0 saturated carbocycles. The van der Waals surface area contributed by atoms with Crippen molar-refractivity contribution in [2.75, 3.05) is 0 Å². The van der Waals surface area contributed by atoms with Crippen molar-refractivity contribution >= 4 is 5.97 Å². The van der Waals surface area contributed by atoms with Crippen molar-refractivity contribution in [2.24, 2.45) is 0 Å². The topological polar surface area (TPSA) is 38.3 Å². The lowest BCUT2D eigenvalue weighted by Crippen LogP contribution is -2.43. The summed E-state index contributed by atoms with van der Waals surface area (Å²) in [6.45, 7) is 11.8. The monoisotopic (exact) mass is 229 g/mol. The Labute approximate surface area is 99.9 Å². The minimum atomic E-state index is -0.403. The maximum atomic E-state index is 11.7. The molecule has 0 spiro atoms. The van der Waals surface area contributed by atoms with E-state index in [1.54, 1.807) is 0 Å². The van der Waals surface area contributed by atoms with E-state index < -0.39 is 5.60 Å². The number of ether oxygens (including phenoxy) is 1. The van der Waals surface area contributed by atoms with Crippen LogP contribution in [0.3, 0.4) is 0 Å². The summed E-state index contributed by atoms with van der Waals surface area (Å²) in [4.78, 5) is 11.7. The highest BCUT2D eigenvalue weighted by Crippen LogP contribution is 2.09. The second-order valence-corrected chi connectivity index (χ2v) is 5.47. The van der Waals surface area contributed by atoms with Crippen LogP contribution >= 0.6 is 0 Å². The standard InChI is InChI=1S/C13H27NO2/c1-7-8-9-10(2)14-11(3)12(15)16-13(4,5)6/h10-11,14H,7-9H2,1-6H3/t10?,11-/m0/s1. The van der Waals surface area contributed by atoms with Crippen molar-refractivity contribution in [1.82, 2.24) is 5.32 Å². The number of esters is 1. The summed E-state index contributed by atoms with van der Waals surface area (Å²) in [6, 6.07) is 0.133. The third kappa shape index (κ3) is 7.69. The Bertz CT molecular complexity index is 208. The van der Waals surface area contributed by atoms with E-state index in [1.807, 2.05) is 27.7 Å². The van der Waals surface area contributed by atoms with E-state index in [2.05, 4.69) is 19.2 Å². The van der Waals surface area contributed by atoms with Gasteiger partial charge in [-0.25, -0.2) is 0 Å². The van der Waals surface area contributed by atoms with E-state index in [-0.39, 0.29) is 12.0 Å². The summed E-state index contributed by atoms with van der Waals surface area (Å²) < 4.78 is 5.30. The second kappa shape index (κ2) is 6.89. The molecular weight excluding hydrogens is 202 g/mol. The molecule has 0 saturated heterocycles. The van der Waals surface area contributed by atoms with Crippen molar-refractivity contribution in [2.45, 2.75) is 78.5 Å². The summed E-state index contributed by atoms with van der Waals surface area (Å²) in [7, 11) is 0. The Morgan fingerprint density at radius 2 is 1.88 bits per heavy atom. The molecule has 0 fully saturated rings. The molecule has 0 heterocycles. The number of hydrogen-bond donors (Lipinski definition) is 1. The zero-order chi connectivity index (χ0) is 12.8. The second-order valence-electron chi connectivity index (χ2n) is 5.47. The molecule has 2 atom stereocenters. The molecule has 0 aromatic carbocycles. The minimum absolute atomic E-state index is 0.171. The molecule has 0 aliphatic heterocycles. The van der Waals surface area contributed by atoms with Gasteiger partial charge < -0.3 is 10.1 Å². The van der Waals surface area contributed by atoms with Gasteiger partial charge in [0, 0.05) is 6.04 Å². The van der Waals surface area contributed by atoms with Crippen molar-refractivity contribution in [3.63, 3.8) is 0 Å². The van der Waals surface area contributed by atoms with Crippen molar-refractivity contribution in [3.05, 3.63) is 0 Å². The summed E-state index contributed by atoms with van der Waals surface area (Å²) in [5.74, 6) is -0.171. The maximum absolute atomic E-state index is 11.7. The lowest BCUT2D eigenvalue weighted by atomic mass is 10.1. The lowest BCUT2D eigenvalue weighted by molar-refractivity contribution is -0.157. The first-order chi connectivity index (χ1) is 7.26. The molecule has 96 valence electrons. The predicted molar refractivity (Wildman–Crippen MR) is 67.4 cm³/mol. The van der Waals surface area contributed by atoms with Gasteiger partial charge in [-0.2, -0.15) is 0 Å². The number of nitrogens with one attached hydrogen (secondary N) is 1. The minimum Gasteiger partial charge on any atom is -0.459 e. The SMILES string of the molecule is CCCCC(C)N[C@@H](C)C(=O)OC(C)(C)C. The van der Waals surface area contributed by atoms with Crippen LogP contribution in [-0.4, -0.2) is 23.7 Å². The largest absolute Gasteiger partial charge is 0.459 e. The Morgan fingerprint density at radius 3 is 2.31 bits per heavy atom. The first kappa shape index (κ1) is 15.4. The Hall–Kier alpha value is -0.570. The van der Waals surface area contributed by atoms with Gasteiger partial charge in [-0.15, -0.1) is 0 Å². The van der Waals surface area contributed by atoms with Gasteiger partial charge in [0.25, 0.3) is 0 Å². The van der Waals surface area contributed by atoms with Crippen molar-refractivity contribution in [1.29, 1.82) is 0 Å². The van der Waals surface area contributed by atoms with Gasteiger partial charge in [0.05, 0.1) is 0 Å². The highest BCUT2D eigenvalue weighted by Gasteiger charge is 2.22. The maximum Gasteiger partial charge on any atom is 0.323 e. The summed E-state index contributed by atoms with van der Waals surface area (Å²) in [6.07, 6.45) is 3.48. The van der Waals surface area contributed by atoms with Crippen LogP contribution in [0.2, 0.25) is 0 Å². The molecule has 0 aromatic heterocycles. The number of carbonyl (C=O) groups is 1. The molecule has 0 rings (SSSR count). The van der Waals surface area contributed by atoms with Crippen LogP contribution in [0, 0.1) is 0 Å². The van der Waals surface area contributed by atoms with E-state index in [1.165, 1.54) is 12.8 Å². The predicted octanol–water partition coefficient (Wildman–Crippen LogP) is 2.88. The van der Waals surface area contributed by atoms with E-state index in [4.69, 9.17) is 4.74 Å². The quantitative estimate of drug-likeness (QED) is 0.712. The van der Waals surface area contributed by atoms with Crippen LogP contribution in [0.1, 0.15) is 60.8 Å². The van der Waals surface area contributed by atoms with Gasteiger partial charge in [-0.1, -0.05) is 19.8 Å². The molecule has 0 aliphatic rings. The summed E-state index contributed by atoms with van der Waals surface area (Å²) >= 11 is 0. The molecule has 16 heavy (non-hydrogen) atoms. The van der Waals surface area contributed by atoms with Gasteiger partial charge in [0.2, 0.25) is 0 Å². The van der Waals surface area contributed by atoms with Crippen LogP contribution in [0.4, 0.5) is 0 Å². The summed E-state index contributed by atoms with van der Waals surface area (Å²) in [5, 5.41) is 3.26. The zero-order valence-electron chi connectivity index (χ0n) is 11.6. The molecule has 3 heteroatoms. The average molecular weight is 229 g/mol. The third-order valence-corrected chi connectivity index (χ3v) is 2.29. The first-order valence-electron chi connectivity index (χ1n) is 6.25. The van der Waals surface area contributed by atoms with Crippen LogP contribution in [0.15, 0.2) is 0 Å². The van der Waals surface area contributed by atoms with Gasteiger partial charge in [0.1, 0.15) is 11.6 Å². The molecule has 3 nitrogen and oxygen atoms in total. The van der Waals surface area contributed by atoms with E-state index in [0.29, 0.717) is 6.04 Å². The van der Waals surface area contributed by atoms with Crippen molar-refractivity contribution < 1.29 is 9.53 Å². The van der Waals surface area contributed by atoms with Gasteiger partial charge >= 0.3 is 5.97 Å². The fraction of sp³-hybridized carbons (Fsp3) is 0.923. The Morgan fingerprint density at radius 1 is 1.31 bits per heavy atom. The molecule has 0 amide bonds. The third-order valence-electron chi connectivity index (χ3n) is 2.29. The van der Waals surface area contributed by atoms with Crippen molar-refractivity contribution in [3.8, 4) is 0 Å². The highest BCUT2D eigenvalue weighted by molar-refractivity contribution is 5.75. The summed E-state index contributed by atoms with van der Waals surface area (Å²) in [5.41, 5.74) is -0.403. The number of rotatable bonds is 6. The molecule has 1 unspecified atom stereocenters. The normalized spacial score (nSPS) is 15.6.